The summed E-state index contributed by atoms with van der Waals surface area (Å²) in [7, 11) is 0. The van der Waals surface area contributed by atoms with Gasteiger partial charge in [-0.2, -0.15) is 0 Å². The van der Waals surface area contributed by atoms with E-state index in [9.17, 15) is 14.7 Å². The molecule has 2 rings (SSSR count). The van der Waals surface area contributed by atoms with Crippen molar-refractivity contribution in [3.8, 4) is 0 Å². The molecule has 1 atom stereocenters. The van der Waals surface area contributed by atoms with Gasteiger partial charge in [-0.15, -0.1) is 0 Å². The van der Waals surface area contributed by atoms with E-state index in [0.29, 0.717) is 6.54 Å². The summed E-state index contributed by atoms with van der Waals surface area (Å²) in [5.74, 6) is -0.950. The van der Waals surface area contributed by atoms with Gasteiger partial charge in [0.1, 0.15) is 0 Å². The number of nitrogens with one attached hydrogen (secondary N) is 2. The van der Waals surface area contributed by atoms with Crippen molar-refractivity contribution in [1.29, 1.82) is 0 Å². The predicted octanol–water partition coefficient (Wildman–Crippen LogP) is 1.27. The van der Waals surface area contributed by atoms with Crippen LogP contribution in [0.2, 0.25) is 0 Å². The number of carboxylic acids is 1. The molecule has 0 saturated heterocycles. The fourth-order valence-electron chi connectivity index (χ4n) is 2.30. The molecule has 0 heterocycles. The van der Waals surface area contributed by atoms with Gasteiger partial charge in [0.2, 0.25) is 0 Å². The highest BCUT2D eigenvalue weighted by atomic mass is 16.4. The molecular formula is C15H20N2O4. The lowest BCUT2D eigenvalue weighted by Gasteiger charge is -2.23. The van der Waals surface area contributed by atoms with E-state index in [1.165, 1.54) is 0 Å². The van der Waals surface area contributed by atoms with Gasteiger partial charge < -0.3 is 20.8 Å². The van der Waals surface area contributed by atoms with Gasteiger partial charge in [-0.05, 0) is 18.4 Å². The van der Waals surface area contributed by atoms with Crippen LogP contribution in [0.1, 0.15) is 30.9 Å². The molecule has 0 radical (unpaired) electrons. The van der Waals surface area contributed by atoms with E-state index in [1.807, 2.05) is 30.3 Å². The minimum absolute atomic E-state index is 0.0927. The molecule has 6 nitrogen and oxygen atoms in total. The van der Waals surface area contributed by atoms with Crippen LogP contribution in [0.5, 0.6) is 0 Å². The molecule has 1 fully saturated rings. The number of hydrogen-bond acceptors (Lipinski definition) is 3. The Morgan fingerprint density at radius 2 is 1.86 bits per heavy atom. The second-order valence-corrected chi connectivity index (χ2v) is 5.43. The zero-order chi connectivity index (χ0) is 15.3. The van der Waals surface area contributed by atoms with Gasteiger partial charge in [-0.3, -0.25) is 4.79 Å². The first kappa shape index (κ1) is 15.3. The first-order valence-corrected chi connectivity index (χ1v) is 7.00. The Balaban J connectivity index is 1.80. The smallest absolute Gasteiger partial charge is 0.314 e. The number of hydrogen-bond donors (Lipinski definition) is 4. The van der Waals surface area contributed by atoms with Gasteiger partial charge in [0, 0.05) is 18.5 Å². The lowest BCUT2D eigenvalue weighted by atomic mass is 9.93. The van der Waals surface area contributed by atoms with Crippen molar-refractivity contribution in [1.82, 2.24) is 10.6 Å². The molecule has 0 aliphatic heterocycles. The lowest BCUT2D eigenvalue weighted by Crippen LogP contribution is -2.40. The van der Waals surface area contributed by atoms with E-state index < -0.39 is 18.1 Å². The van der Waals surface area contributed by atoms with E-state index in [4.69, 9.17) is 5.11 Å². The van der Waals surface area contributed by atoms with Gasteiger partial charge in [0.15, 0.2) is 0 Å². The van der Waals surface area contributed by atoms with Crippen molar-refractivity contribution in [2.75, 3.05) is 13.1 Å². The fraction of sp³-hybridized carbons (Fsp3) is 0.467. The van der Waals surface area contributed by atoms with Gasteiger partial charge >= 0.3 is 12.0 Å². The summed E-state index contributed by atoms with van der Waals surface area (Å²) in [4.78, 5) is 21.9. The molecule has 1 aliphatic carbocycles. The van der Waals surface area contributed by atoms with E-state index in [0.717, 1.165) is 18.4 Å². The van der Waals surface area contributed by atoms with E-state index >= 15 is 0 Å². The van der Waals surface area contributed by atoms with Crippen LogP contribution in [0.15, 0.2) is 30.3 Å². The molecule has 1 unspecified atom stereocenters. The summed E-state index contributed by atoms with van der Waals surface area (Å²) in [6, 6.07) is 8.99. The van der Waals surface area contributed by atoms with Crippen LogP contribution in [0.25, 0.3) is 0 Å². The van der Waals surface area contributed by atoms with E-state index in [1.54, 1.807) is 0 Å². The molecule has 4 N–H and O–H groups in total. The number of carbonyl (C=O) groups excluding carboxylic acids is 1. The van der Waals surface area contributed by atoms with Crippen molar-refractivity contribution in [3.63, 3.8) is 0 Å². The van der Waals surface area contributed by atoms with Crippen LogP contribution in [0, 0.1) is 5.41 Å². The number of rotatable bonds is 7. The summed E-state index contributed by atoms with van der Waals surface area (Å²) in [5, 5.41) is 24.1. The Kier molecular flexibility index (Phi) is 4.80. The maximum absolute atomic E-state index is 11.6. The number of aliphatic hydroxyl groups excluding tert-OH is 1. The molecular weight excluding hydrogens is 272 g/mol. The van der Waals surface area contributed by atoms with Gasteiger partial charge in [0.05, 0.1) is 12.5 Å². The quantitative estimate of drug-likeness (QED) is 0.608. The second-order valence-electron chi connectivity index (χ2n) is 5.43. The van der Waals surface area contributed by atoms with Crippen LogP contribution in [0.4, 0.5) is 4.79 Å². The summed E-state index contributed by atoms with van der Waals surface area (Å²) in [6.07, 6.45) is 1.01. The third-order valence-electron chi connectivity index (χ3n) is 3.81. The average molecular weight is 292 g/mol. The minimum Gasteiger partial charge on any atom is -0.481 e. The summed E-state index contributed by atoms with van der Waals surface area (Å²) < 4.78 is 0. The minimum atomic E-state index is -0.950. The van der Waals surface area contributed by atoms with Crippen LogP contribution in [0.3, 0.4) is 0 Å². The number of aliphatic hydroxyl groups is 1. The largest absolute Gasteiger partial charge is 0.481 e. The Morgan fingerprint density at radius 1 is 1.19 bits per heavy atom. The third-order valence-corrected chi connectivity index (χ3v) is 3.81. The van der Waals surface area contributed by atoms with Crippen molar-refractivity contribution in [2.45, 2.75) is 25.4 Å². The first-order valence-electron chi connectivity index (χ1n) is 7.00. The van der Waals surface area contributed by atoms with E-state index in [-0.39, 0.29) is 18.4 Å². The Hall–Kier alpha value is -2.08. The lowest BCUT2D eigenvalue weighted by molar-refractivity contribution is -0.136. The zero-order valence-electron chi connectivity index (χ0n) is 11.7. The number of aliphatic carboxylic acids is 1. The number of benzene rings is 1. The van der Waals surface area contributed by atoms with Crippen LogP contribution in [-0.4, -0.2) is 35.3 Å². The van der Waals surface area contributed by atoms with Crippen LogP contribution >= 0.6 is 0 Å². The number of urea groups is 1. The molecule has 6 heteroatoms. The van der Waals surface area contributed by atoms with Crippen molar-refractivity contribution in [2.24, 2.45) is 5.41 Å². The normalized spacial score (nSPS) is 16.8. The average Bonchev–Trinajstić information content (AvgIpc) is 3.26. The monoisotopic (exact) mass is 292 g/mol. The number of carbonyl (C=O) groups is 2. The van der Waals surface area contributed by atoms with Gasteiger partial charge in [-0.25, -0.2) is 4.79 Å². The third kappa shape index (κ3) is 4.19. The SMILES string of the molecule is O=C(O)CCNC(=O)NCC1(C(O)c2ccccc2)CC1. The topological polar surface area (TPSA) is 98.7 Å². The summed E-state index contributed by atoms with van der Waals surface area (Å²) in [6.45, 7) is 0.470. The van der Waals surface area contributed by atoms with Gasteiger partial charge in [0.25, 0.3) is 0 Å². The predicted molar refractivity (Wildman–Crippen MR) is 76.7 cm³/mol. The molecule has 0 spiro atoms. The molecule has 0 aromatic heterocycles. The molecule has 21 heavy (non-hydrogen) atoms. The summed E-state index contributed by atoms with van der Waals surface area (Å²) >= 11 is 0. The Morgan fingerprint density at radius 3 is 2.43 bits per heavy atom. The van der Waals surface area contributed by atoms with Gasteiger partial charge in [-0.1, -0.05) is 30.3 Å². The molecule has 1 aromatic rings. The maximum Gasteiger partial charge on any atom is 0.314 e. The van der Waals surface area contributed by atoms with Crippen LogP contribution in [-0.2, 0) is 4.79 Å². The Labute approximate surface area is 123 Å². The first-order chi connectivity index (χ1) is 10.0. The molecule has 1 aliphatic rings. The highest BCUT2D eigenvalue weighted by Gasteiger charge is 2.49. The highest BCUT2D eigenvalue weighted by Crippen LogP contribution is 2.54. The van der Waals surface area contributed by atoms with Crippen LogP contribution < -0.4 is 10.6 Å². The zero-order valence-corrected chi connectivity index (χ0v) is 11.7. The Bertz CT molecular complexity index is 500. The standard InChI is InChI=1S/C15H20N2O4/c18-12(19)6-9-16-14(21)17-10-15(7-8-15)13(20)11-4-2-1-3-5-11/h1-5,13,20H,6-10H2,(H,18,19)(H2,16,17,21). The molecule has 114 valence electrons. The van der Waals surface area contributed by atoms with Crippen molar-refractivity contribution >= 4 is 12.0 Å². The highest BCUT2D eigenvalue weighted by molar-refractivity contribution is 5.75. The molecule has 2 amide bonds. The molecule has 1 saturated carbocycles. The molecule has 1 aromatic carbocycles. The number of carboxylic acid groups (broad SMARTS) is 1. The fourth-order valence-corrected chi connectivity index (χ4v) is 2.30. The summed E-state index contributed by atoms with van der Waals surface area (Å²) in [5.41, 5.74) is 0.550. The van der Waals surface area contributed by atoms with Crippen molar-refractivity contribution < 1.29 is 19.8 Å². The molecule has 0 bridgehead atoms. The maximum atomic E-state index is 11.6. The van der Waals surface area contributed by atoms with E-state index in [2.05, 4.69) is 10.6 Å². The van der Waals surface area contributed by atoms with Crippen molar-refractivity contribution in [3.05, 3.63) is 35.9 Å². The second kappa shape index (κ2) is 6.58. The number of amides is 2.